The fourth-order valence-corrected chi connectivity index (χ4v) is 7.70. The van der Waals surface area contributed by atoms with Gasteiger partial charge in [-0.3, -0.25) is 0 Å². The molecule has 0 spiro atoms. The average Bonchev–Trinajstić information content (AvgIpc) is 2.06. The molecule has 84 valence electrons. The van der Waals surface area contributed by atoms with Crippen LogP contribution in [0, 0.1) is 0 Å². The van der Waals surface area contributed by atoms with Crippen molar-refractivity contribution in [3.8, 4) is 0 Å². The third-order valence-corrected chi connectivity index (χ3v) is 8.38. The van der Waals surface area contributed by atoms with Gasteiger partial charge in [-0.15, -0.1) is 0 Å². The van der Waals surface area contributed by atoms with Gasteiger partial charge in [0.1, 0.15) is 0 Å². The molecule has 4 radical (unpaired) electrons. The maximum Gasteiger partial charge on any atom is 0.0591 e. The fourth-order valence-electron chi connectivity index (χ4n) is 2.57. The predicted molar refractivity (Wildman–Crippen MR) is 73.3 cm³/mol. The summed E-state index contributed by atoms with van der Waals surface area (Å²) < 4.78 is 0. The van der Waals surface area contributed by atoms with Crippen molar-refractivity contribution in [3.63, 3.8) is 0 Å². The molecule has 0 atom stereocenters. The highest BCUT2D eigenvalue weighted by atomic mass is 31.2. The Kier molecular flexibility index (Phi) is 12.1. The highest BCUT2D eigenvalue weighted by molar-refractivity contribution is 7.75. The van der Waals surface area contributed by atoms with Gasteiger partial charge in [-0.25, -0.2) is 0 Å². The van der Waals surface area contributed by atoms with E-state index in [1.165, 1.54) is 25.7 Å². The Bertz CT molecular complexity index is 85.4. The van der Waals surface area contributed by atoms with Crippen molar-refractivity contribution in [1.29, 1.82) is 0 Å². The number of rotatable bonds is 8. The maximum absolute atomic E-state index is 2.36. The van der Waals surface area contributed by atoms with E-state index in [0.29, 0.717) is 0 Å². The molecule has 0 aromatic rings. The van der Waals surface area contributed by atoms with E-state index in [-0.39, 0.29) is 8.41 Å². The second-order valence-corrected chi connectivity index (χ2v) is 8.71. The van der Waals surface area contributed by atoms with Gasteiger partial charge in [-0.1, -0.05) is 27.7 Å². The van der Waals surface area contributed by atoms with Crippen molar-refractivity contribution < 1.29 is 0 Å². The van der Waals surface area contributed by atoms with Crippen molar-refractivity contribution in [2.24, 2.45) is 0 Å². The lowest BCUT2D eigenvalue weighted by Crippen LogP contribution is -2.10. The van der Waals surface area contributed by atoms with Gasteiger partial charge in [0.25, 0.3) is 0 Å². The Morgan fingerprint density at radius 1 is 0.571 bits per heavy atom. The highest BCUT2D eigenvalue weighted by Gasteiger charge is 2.32. The molecule has 0 heterocycles. The van der Waals surface area contributed by atoms with Crippen LogP contribution in [0.1, 0.15) is 53.4 Å². The first-order chi connectivity index (χ1) is 6.24. The first-order valence-electron chi connectivity index (χ1n) is 6.09. The van der Waals surface area contributed by atoms with Crippen molar-refractivity contribution in [3.05, 3.63) is 0 Å². The summed E-state index contributed by atoms with van der Waals surface area (Å²) >= 11 is 0. The molecule has 0 aliphatic heterocycles. The summed E-state index contributed by atoms with van der Waals surface area (Å²) in [5, 5.41) is 0. The van der Waals surface area contributed by atoms with Crippen LogP contribution >= 0.6 is 7.26 Å². The molecule has 0 unspecified atom stereocenters. The zero-order chi connectivity index (χ0) is 10.2. The molecular weight excluding hydrogens is 186 g/mol. The summed E-state index contributed by atoms with van der Waals surface area (Å²) in [5.74, 6) is 0. The van der Waals surface area contributed by atoms with E-state index in [0.717, 1.165) is 0 Å². The summed E-state index contributed by atoms with van der Waals surface area (Å²) in [5.41, 5.74) is 0. The quantitative estimate of drug-likeness (QED) is 0.418. The molecule has 0 aliphatic carbocycles. The average molecular weight is 214 g/mol. The summed E-state index contributed by atoms with van der Waals surface area (Å²) in [6.45, 7) is 9.43. The van der Waals surface area contributed by atoms with E-state index in [2.05, 4.69) is 27.7 Å². The lowest BCUT2D eigenvalue weighted by atomic mass is 10.5. The Morgan fingerprint density at radius 3 is 0.929 bits per heavy atom. The van der Waals surface area contributed by atoms with E-state index in [1.807, 2.05) is 0 Å². The van der Waals surface area contributed by atoms with Gasteiger partial charge in [0, 0.05) is 7.26 Å². The van der Waals surface area contributed by atoms with Crippen LogP contribution < -0.4 is 0 Å². The van der Waals surface area contributed by atoms with Crippen LogP contribution in [0.15, 0.2) is 0 Å². The molecule has 2 heteroatoms. The van der Waals surface area contributed by atoms with Crippen molar-refractivity contribution >= 4 is 15.7 Å². The Balaban J connectivity index is 0. The van der Waals surface area contributed by atoms with Crippen molar-refractivity contribution in [1.82, 2.24) is 0 Å². The minimum atomic E-state index is -0.496. The highest BCUT2D eigenvalue weighted by Crippen LogP contribution is 2.60. The zero-order valence-electron chi connectivity index (χ0n) is 10.7. The minimum Gasteiger partial charge on any atom is -1.00 e. The summed E-state index contributed by atoms with van der Waals surface area (Å²) in [6, 6.07) is 0. The van der Waals surface area contributed by atoms with Crippen LogP contribution in [0.25, 0.3) is 0 Å². The first-order valence-corrected chi connectivity index (χ1v) is 8.62. The topological polar surface area (TPSA) is 0 Å². The van der Waals surface area contributed by atoms with Gasteiger partial charge in [0.05, 0.1) is 24.6 Å². The molecule has 0 amide bonds. The van der Waals surface area contributed by atoms with Crippen LogP contribution in [0.4, 0.5) is 0 Å². The third kappa shape index (κ3) is 6.07. The van der Waals surface area contributed by atoms with Crippen LogP contribution in [0.2, 0.25) is 0 Å². The van der Waals surface area contributed by atoms with Gasteiger partial charge >= 0.3 is 0 Å². The first kappa shape index (κ1) is 16.9. The molecule has 0 aromatic heterocycles. The van der Waals surface area contributed by atoms with Crippen LogP contribution in [0.5, 0.6) is 0 Å². The van der Waals surface area contributed by atoms with Gasteiger partial charge in [-0.05, 0) is 25.7 Å². The lowest BCUT2D eigenvalue weighted by Gasteiger charge is -2.26. The molecule has 0 rings (SSSR count). The normalized spacial score (nSPS) is 11.1. The smallest absolute Gasteiger partial charge is 0.0591 e. The SMILES string of the molecule is CCC[P+](CCC)(CCC)CCC.[B-]. The third-order valence-electron chi connectivity index (χ3n) is 2.79. The van der Waals surface area contributed by atoms with E-state index >= 15 is 0 Å². The van der Waals surface area contributed by atoms with Crippen LogP contribution in [-0.4, -0.2) is 33.1 Å². The van der Waals surface area contributed by atoms with Crippen molar-refractivity contribution in [2.75, 3.05) is 24.6 Å². The van der Waals surface area contributed by atoms with Gasteiger partial charge < -0.3 is 8.41 Å². The predicted octanol–water partition coefficient (Wildman–Crippen LogP) is 4.26. The molecule has 0 saturated carbocycles. The van der Waals surface area contributed by atoms with E-state index in [9.17, 15) is 0 Å². The molecule has 0 aromatic carbocycles. The molecular formula is C12H28BP. The maximum atomic E-state index is 2.36. The fraction of sp³-hybridized carbons (Fsp3) is 1.00. The molecule has 0 saturated heterocycles. The monoisotopic (exact) mass is 214 g/mol. The summed E-state index contributed by atoms with van der Waals surface area (Å²) in [7, 11) is -0.496. The van der Waals surface area contributed by atoms with E-state index in [1.54, 1.807) is 24.6 Å². The molecule has 0 N–H and O–H groups in total. The largest absolute Gasteiger partial charge is 1.00 e. The second kappa shape index (κ2) is 10.0. The molecule has 0 aliphatic rings. The van der Waals surface area contributed by atoms with Crippen molar-refractivity contribution in [2.45, 2.75) is 53.4 Å². The summed E-state index contributed by atoms with van der Waals surface area (Å²) in [4.78, 5) is 0. The number of hydrogen-bond donors (Lipinski definition) is 0. The second-order valence-electron chi connectivity index (χ2n) is 4.24. The summed E-state index contributed by atoms with van der Waals surface area (Å²) in [6.07, 6.45) is 11.9. The molecule has 0 fully saturated rings. The molecule has 0 nitrogen and oxygen atoms in total. The van der Waals surface area contributed by atoms with Crippen LogP contribution in [-0.2, 0) is 0 Å². The Labute approximate surface area is 94.2 Å². The van der Waals surface area contributed by atoms with Gasteiger partial charge in [0.15, 0.2) is 0 Å². The number of hydrogen-bond acceptors (Lipinski definition) is 0. The molecule has 0 bridgehead atoms. The minimum absolute atomic E-state index is 0. The Morgan fingerprint density at radius 2 is 0.786 bits per heavy atom. The van der Waals surface area contributed by atoms with Crippen LogP contribution in [0.3, 0.4) is 0 Å². The zero-order valence-corrected chi connectivity index (χ0v) is 11.6. The van der Waals surface area contributed by atoms with Gasteiger partial charge in [-0.2, -0.15) is 0 Å². The Hall–Kier alpha value is 0.495. The molecule has 14 heavy (non-hydrogen) atoms. The standard InChI is InChI=1S/C12H28P.B/c1-5-9-13(10-6-2,11-7-3)12-8-4;/h5-12H2,1-4H3;/q+1;-1. The van der Waals surface area contributed by atoms with Gasteiger partial charge in [0.2, 0.25) is 0 Å². The lowest BCUT2D eigenvalue weighted by molar-refractivity contribution is 0.963. The van der Waals surface area contributed by atoms with E-state index in [4.69, 9.17) is 0 Å². The van der Waals surface area contributed by atoms with E-state index < -0.39 is 7.26 Å².